The second-order valence-corrected chi connectivity index (χ2v) is 6.48. The van der Waals surface area contributed by atoms with Crippen LogP contribution in [0.1, 0.15) is 32.7 Å². The number of hydrogen-bond donors (Lipinski definition) is 1. The average molecular weight is 443 g/mol. The molecule has 3 aromatic rings. The van der Waals surface area contributed by atoms with Gasteiger partial charge >= 0.3 is 6.18 Å². The molecule has 0 saturated heterocycles. The van der Waals surface area contributed by atoms with Gasteiger partial charge in [-0.25, -0.2) is 9.82 Å². The fraction of sp³-hybridized carbons (Fsp3) is 0.0952. The van der Waals surface area contributed by atoms with E-state index in [1.54, 1.807) is 6.07 Å². The van der Waals surface area contributed by atoms with Gasteiger partial charge in [0.05, 0.1) is 17.5 Å². The molecule has 0 aliphatic heterocycles. The van der Waals surface area contributed by atoms with Crippen LogP contribution in [-0.4, -0.2) is 21.9 Å². The molecule has 0 radical (unpaired) electrons. The number of carbonyl (C=O) groups excluding carboxylic acids is 1. The first-order valence-corrected chi connectivity index (χ1v) is 8.92. The number of rotatable bonds is 4. The number of hydrazone groups is 1. The summed E-state index contributed by atoms with van der Waals surface area (Å²) in [6.45, 7) is 1.31. The molecule has 32 heavy (non-hydrogen) atoms. The van der Waals surface area contributed by atoms with Crippen LogP contribution in [0.2, 0.25) is 0 Å². The second kappa shape index (κ2) is 8.81. The maximum absolute atomic E-state index is 13.0. The molecule has 3 rings (SSSR count). The molecule has 0 saturated carbocycles. The fourth-order valence-electron chi connectivity index (χ4n) is 2.71. The number of halogens is 4. The predicted molar refractivity (Wildman–Crippen MR) is 106 cm³/mol. The Morgan fingerprint density at radius 1 is 1.22 bits per heavy atom. The molecule has 0 atom stereocenters. The van der Waals surface area contributed by atoms with Gasteiger partial charge in [-0.2, -0.15) is 33.3 Å². The maximum atomic E-state index is 13.0. The van der Waals surface area contributed by atoms with Crippen molar-refractivity contribution in [1.29, 1.82) is 5.26 Å². The number of benzene rings is 2. The van der Waals surface area contributed by atoms with Crippen LogP contribution in [0.4, 0.5) is 17.6 Å². The third kappa shape index (κ3) is 4.70. The smallest absolute Gasteiger partial charge is 0.266 e. The molecular weight excluding hydrogens is 430 g/mol. The molecule has 2 aromatic carbocycles. The van der Waals surface area contributed by atoms with Crippen LogP contribution in [0.25, 0.3) is 5.69 Å². The lowest BCUT2D eigenvalue weighted by atomic mass is 10.1. The fourth-order valence-corrected chi connectivity index (χ4v) is 2.71. The summed E-state index contributed by atoms with van der Waals surface area (Å²) in [4.78, 5) is 25.1. The minimum Gasteiger partial charge on any atom is -0.266 e. The van der Waals surface area contributed by atoms with Crippen LogP contribution in [0, 0.1) is 24.1 Å². The lowest BCUT2D eigenvalue weighted by molar-refractivity contribution is -0.137. The standard InChI is InChI=1S/C21H13F4N5O2/c1-12-17(10-26)20(32)30(16-4-2-3-14(9-16)21(23,24)25)29-18(12)19(31)28-27-11-13-5-7-15(22)8-6-13/h2-9,11H,1H3,(H,28,31)/b27-11+. The predicted octanol–water partition coefficient (Wildman–Crippen LogP) is 3.33. The first-order chi connectivity index (χ1) is 15.1. The number of nitriles is 1. The Morgan fingerprint density at radius 2 is 1.91 bits per heavy atom. The summed E-state index contributed by atoms with van der Waals surface area (Å²) in [5.74, 6) is -1.36. The van der Waals surface area contributed by atoms with Crippen molar-refractivity contribution >= 4 is 12.1 Å². The van der Waals surface area contributed by atoms with Gasteiger partial charge in [0.15, 0.2) is 5.69 Å². The van der Waals surface area contributed by atoms with Gasteiger partial charge in [-0.3, -0.25) is 9.59 Å². The minimum absolute atomic E-state index is 0.0600. The Kier molecular flexibility index (Phi) is 6.15. The van der Waals surface area contributed by atoms with E-state index >= 15 is 0 Å². The first kappa shape index (κ1) is 22.4. The molecule has 0 unspecified atom stereocenters. The van der Waals surface area contributed by atoms with Crippen molar-refractivity contribution in [1.82, 2.24) is 15.2 Å². The topological polar surface area (TPSA) is 100 Å². The largest absolute Gasteiger partial charge is 0.416 e. The van der Waals surface area contributed by atoms with E-state index in [2.05, 4.69) is 15.6 Å². The van der Waals surface area contributed by atoms with E-state index < -0.39 is 34.6 Å². The maximum Gasteiger partial charge on any atom is 0.416 e. The SMILES string of the molecule is Cc1c(C(=O)N/N=C/c2ccc(F)cc2)nn(-c2cccc(C(F)(F)F)c2)c(=O)c1C#N. The Balaban J connectivity index is 2.00. The van der Waals surface area contributed by atoms with Crippen molar-refractivity contribution in [2.75, 3.05) is 0 Å². The van der Waals surface area contributed by atoms with E-state index in [1.807, 2.05) is 0 Å². The van der Waals surface area contributed by atoms with Gasteiger partial charge in [-0.1, -0.05) is 18.2 Å². The second-order valence-electron chi connectivity index (χ2n) is 6.48. The molecule has 7 nitrogen and oxygen atoms in total. The van der Waals surface area contributed by atoms with E-state index in [4.69, 9.17) is 0 Å². The zero-order valence-electron chi connectivity index (χ0n) is 16.3. The highest BCUT2D eigenvalue weighted by atomic mass is 19.4. The normalized spacial score (nSPS) is 11.4. The zero-order valence-corrected chi connectivity index (χ0v) is 16.3. The van der Waals surface area contributed by atoms with Crippen LogP contribution in [0.5, 0.6) is 0 Å². The van der Waals surface area contributed by atoms with Gasteiger partial charge in [-0.15, -0.1) is 0 Å². The van der Waals surface area contributed by atoms with E-state index in [0.29, 0.717) is 16.3 Å². The van der Waals surface area contributed by atoms with Gasteiger partial charge < -0.3 is 0 Å². The highest BCUT2D eigenvalue weighted by Crippen LogP contribution is 2.30. The number of nitrogens with zero attached hydrogens (tertiary/aromatic N) is 4. The van der Waals surface area contributed by atoms with E-state index in [-0.39, 0.29) is 16.9 Å². The van der Waals surface area contributed by atoms with Crippen molar-refractivity contribution in [3.05, 3.63) is 92.6 Å². The Hall–Kier alpha value is -4.33. The van der Waals surface area contributed by atoms with Crippen LogP contribution < -0.4 is 11.0 Å². The Bertz CT molecular complexity index is 1310. The highest BCUT2D eigenvalue weighted by molar-refractivity contribution is 5.94. The molecule has 1 aromatic heterocycles. The number of aromatic nitrogens is 2. The van der Waals surface area contributed by atoms with Crippen molar-refractivity contribution in [2.24, 2.45) is 5.10 Å². The van der Waals surface area contributed by atoms with Crippen LogP contribution >= 0.6 is 0 Å². The minimum atomic E-state index is -4.67. The molecule has 0 aliphatic rings. The molecule has 0 spiro atoms. The monoisotopic (exact) mass is 443 g/mol. The first-order valence-electron chi connectivity index (χ1n) is 8.92. The number of nitrogens with one attached hydrogen (secondary N) is 1. The molecule has 1 amide bonds. The van der Waals surface area contributed by atoms with Gasteiger partial charge in [0.2, 0.25) is 0 Å². The van der Waals surface area contributed by atoms with E-state index in [9.17, 15) is 32.4 Å². The molecule has 0 aliphatic carbocycles. The van der Waals surface area contributed by atoms with Crippen molar-refractivity contribution in [3.63, 3.8) is 0 Å². The van der Waals surface area contributed by atoms with E-state index in [0.717, 1.165) is 12.1 Å². The Labute approximate surface area is 178 Å². The molecule has 1 heterocycles. The molecule has 162 valence electrons. The molecule has 1 N–H and O–H groups in total. The summed E-state index contributed by atoms with van der Waals surface area (Å²) in [5.41, 5.74) is -0.540. The zero-order chi connectivity index (χ0) is 23.5. The molecular formula is C21H13F4N5O2. The lowest BCUT2D eigenvalue weighted by Crippen LogP contribution is -2.31. The number of alkyl halides is 3. The van der Waals surface area contributed by atoms with Gasteiger partial charge in [0, 0.05) is 5.56 Å². The number of hydrogen-bond acceptors (Lipinski definition) is 5. The van der Waals surface area contributed by atoms with Crippen LogP contribution in [0.3, 0.4) is 0 Å². The summed E-state index contributed by atoms with van der Waals surface area (Å²) in [5, 5.41) is 16.9. The molecule has 11 heteroatoms. The molecule has 0 fully saturated rings. The van der Waals surface area contributed by atoms with Crippen molar-refractivity contribution in [2.45, 2.75) is 13.1 Å². The lowest BCUT2D eigenvalue weighted by Gasteiger charge is -2.12. The van der Waals surface area contributed by atoms with Crippen LogP contribution in [0.15, 0.2) is 58.4 Å². The van der Waals surface area contributed by atoms with Crippen molar-refractivity contribution in [3.8, 4) is 11.8 Å². The molecule has 0 bridgehead atoms. The summed E-state index contributed by atoms with van der Waals surface area (Å²) < 4.78 is 52.6. The van der Waals surface area contributed by atoms with Crippen molar-refractivity contribution < 1.29 is 22.4 Å². The summed E-state index contributed by atoms with van der Waals surface area (Å²) in [6, 6.07) is 10.6. The van der Waals surface area contributed by atoms with Gasteiger partial charge in [0.1, 0.15) is 17.4 Å². The third-order valence-electron chi connectivity index (χ3n) is 4.33. The summed E-state index contributed by atoms with van der Waals surface area (Å²) in [7, 11) is 0. The van der Waals surface area contributed by atoms with Gasteiger partial charge in [-0.05, 0) is 42.8 Å². The average Bonchev–Trinajstić information content (AvgIpc) is 2.75. The number of amides is 1. The highest BCUT2D eigenvalue weighted by Gasteiger charge is 2.31. The van der Waals surface area contributed by atoms with Crippen LogP contribution in [-0.2, 0) is 6.18 Å². The summed E-state index contributed by atoms with van der Waals surface area (Å²) in [6.07, 6.45) is -3.45. The van der Waals surface area contributed by atoms with Gasteiger partial charge in [0.25, 0.3) is 11.5 Å². The summed E-state index contributed by atoms with van der Waals surface area (Å²) >= 11 is 0. The van der Waals surface area contributed by atoms with E-state index in [1.165, 1.54) is 43.5 Å². The Morgan fingerprint density at radius 3 is 2.53 bits per heavy atom. The third-order valence-corrected chi connectivity index (χ3v) is 4.33. The number of carbonyl (C=O) groups is 1. The quantitative estimate of drug-likeness (QED) is 0.380.